The Balaban J connectivity index is 1.93. The summed E-state index contributed by atoms with van der Waals surface area (Å²) >= 11 is 0. The molecule has 1 N–H and O–H groups in total. The Kier molecular flexibility index (Phi) is 8.10. The van der Waals surface area contributed by atoms with Crippen LogP contribution < -0.4 is 14.8 Å². The third kappa shape index (κ3) is 6.89. The fourth-order valence-corrected chi connectivity index (χ4v) is 3.35. The van der Waals surface area contributed by atoms with Crippen LogP contribution in [0.25, 0.3) is 0 Å². The highest BCUT2D eigenvalue weighted by Crippen LogP contribution is 2.31. The van der Waals surface area contributed by atoms with Gasteiger partial charge in [-0.05, 0) is 113 Å². The fraction of sp³-hybridized carbons (Fsp3) is 0.300. The molecule has 0 saturated carbocycles. The van der Waals surface area contributed by atoms with Crippen molar-refractivity contribution in [3.63, 3.8) is 0 Å². The third-order valence-corrected chi connectivity index (χ3v) is 5.94. The average molecular weight is 488 g/mol. The number of carbonyl (C=O) groups excluding carboxylic acids is 3. The van der Waals surface area contributed by atoms with Crippen molar-refractivity contribution in [2.45, 2.75) is 54.0 Å². The molecule has 0 unspecified atom stereocenters. The van der Waals surface area contributed by atoms with Gasteiger partial charge in [-0.3, -0.25) is 4.79 Å². The van der Waals surface area contributed by atoms with E-state index < -0.39 is 11.9 Å². The molecule has 6 heteroatoms. The SMILES string of the molecule is Cc1ccc(C(=O)Oc2ccc(C(=O)CNC(C)(C)C)cc2OC(=O)c2ccc(C)c(C)c2)cc1C. The second kappa shape index (κ2) is 10.9. The molecule has 3 aromatic carbocycles. The number of hydrogen-bond acceptors (Lipinski definition) is 6. The standard InChI is InChI=1S/C30H33NO5/c1-18-8-10-23(14-20(18)3)28(33)35-26-13-12-22(25(32)17-31-30(5,6)7)16-27(26)36-29(34)24-11-9-19(2)21(4)15-24/h8-16,31H,17H2,1-7H3. The molecular weight excluding hydrogens is 454 g/mol. The molecule has 0 saturated heterocycles. The van der Waals surface area contributed by atoms with Gasteiger partial charge in [-0.2, -0.15) is 0 Å². The summed E-state index contributed by atoms with van der Waals surface area (Å²) in [6.07, 6.45) is 0. The Morgan fingerprint density at radius 1 is 0.639 bits per heavy atom. The summed E-state index contributed by atoms with van der Waals surface area (Å²) in [5.41, 5.74) is 4.84. The first-order valence-electron chi connectivity index (χ1n) is 11.9. The maximum absolute atomic E-state index is 12.9. The zero-order chi connectivity index (χ0) is 26.6. The summed E-state index contributed by atoms with van der Waals surface area (Å²) in [4.78, 5) is 38.6. The minimum Gasteiger partial charge on any atom is -0.419 e. The van der Waals surface area contributed by atoms with Crippen molar-refractivity contribution in [3.05, 3.63) is 93.5 Å². The first-order valence-corrected chi connectivity index (χ1v) is 11.9. The second-order valence-electron chi connectivity index (χ2n) is 10.1. The lowest BCUT2D eigenvalue weighted by molar-refractivity contribution is 0.0682. The summed E-state index contributed by atoms with van der Waals surface area (Å²) in [7, 11) is 0. The van der Waals surface area contributed by atoms with Crippen molar-refractivity contribution in [1.29, 1.82) is 0 Å². The van der Waals surface area contributed by atoms with E-state index >= 15 is 0 Å². The Hall–Kier alpha value is -3.77. The molecule has 0 radical (unpaired) electrons. The Morgan fingerprint density at radius 3 is 1.58 bits per heavy atom. The Bertz CT molecular complexity index is 1320. The highest BCUT2D eigenvalue weighted by Gasteiger charge is 2.20. The van der Waals surface area contributed by atoms with E-state index in [1.54, 1.807) is 30.3 Å². The highest BCUT2D eigenvalue weighted by atomic mass is 16.6. The van der Waals surface area contributed by atoms with Crippen molar-refractivity contribution < 1.29 is 23.9 Å². The van der Waals surface area contributed by atoms with Crippen LogP contribution in [0, 0.1) is 27.7 Å². The van der Waals surface area contributed by atoms with Crippen LogP contribution in [-0.2, 0) is 0 Å². The minimum atomic E-state index is -0.612. The third-order valence-electron chi connectivity index (χ3n) is 5.94. The molecular formula is C30H33NO5. The zero-order valence-electron chi connectivity index (χ0n) is 21.9. The molecule has 0 fully saturated rings. The number of ketones is 1. The van der Waals surface area contributed by atoms with Gasteiger partial charge in [-0.1, -0.05) is 12.1 Å². The summed E-state index contributed by atoms with van der Waals surface area (Å²) in [6.45, 7) is 13.7. The maximum atomic E-state index is 12.9. The molecule has 0 bridgehead atoms. The lowest BCUT2D eigenvalue weighted by Crippen LogP contribution is -2.39. The second-order valence-corrected chi connectivity index (χ2v) is 10.1. The van der Waals surface area contributed by atoms with E-state index in [0.717, 1.165) is 22.3 Å². The zero-order valence-corrected chi connectivity index (χ0v) is 21.9. The van der Waals surface area contributed by atoms with Crippen molar-refractivity contribution >= 4 is 17.7 Å². The quantitative estimate of drug-likeness (QED) is 0.253. The number of hydrogen-bond donors (Lipinski definition) is 1. The number of esters is 2. The number of rotatable bonds is 7. The summed E-state index contributed by atoms with van der Waals surface area (Å²) in [6, 6.07) is 15.0. The van der Waals surface area contributed by atoms with E-state index in [-0.39, 0.29) is 29.4 Å². The van der Waals surface area contributed by atoms with Gasteiger partial charge in [0.05, 0.1) is 17.7 Å². The largest absolute Gasteiger partial charge is 0.419 e. The van der Waals surface area contributed by atoms with Gasteiger partial charge in [0.2, 0.25) is 0 Å². The normalized spacial score (nSPS) is 11.2. The molecule has 0 spiro atoms. The molecule has 0 heterocycles. The molecule has 0 aliphatic heterocycles. The van der Waals surface area contributed by atoms with Crippen molar-refractivity contribution in [2.24, 2.45) is 0 Å². The summed E-state index contributed by atoms with van der Waals surface area (Å²) in [5, 5.41) is 3.15. The van der Waals surface area contributed by atoms with Gasteiger partial charge in [-0.25, -0.2) is 9.59 Å². The molecule has 6 nitrogen and oxygen atoms in total. The van der Waals surface area contributed by atoms with Crippen LogP contribution in [0.5, 0.6) is 11.5 Å². The average Bonchev–Trinajstić information content (AvgIpc) is 2.81. The predicted octanol–water partition coefficient (Wildman–Crippen LogP) is 5.93. The van der Waals surface area contributed by atoms with Crippen LogP contribution >= 0.6 is 0 Å². The van der Waals surface area contributed by atoms with Crippen LogP contribution in [0.3, 0.4) is 0 Å². The number of Topliss-reactive ketones (excluding diaryl/α,β-unsaturated/α-hetero) is 1. The molecule has 36 heavy (non-hydrogen) atoms. The first-order chi connectivity index (χ1) is 16.8. The molecule has 0 aromatic heterocycles. The summed E-state index contributed by atoms with van der Waals surface area (Å²) < 4.78 is 11.3. The van der Waals surface area contributed by atoms with Crippen LogP contribution in [0.15, 0.2) is 54.6 Å². The van der Waals surface area contributed by atoms with E-state index in [4.69, 9.17) is 9.47 Å². The van der Waals surface area contributed by atoms with Gasteiger partial charge in [0.25, 0.3) is 0 Å². The summed E-state index contributed by atoms with van der Waals surface area (Å²) in [5.74, 6) is -1.33. The van der Waals surface area contributed by atoms with Gasteiger partial charge >= 0.3 is 11.9 Å². The van der Waals surface area contributed by atoms with E-state index in [0.29, 0.717) is 16.7 Å². The van der Waals surface area contributed by atoms with Crippen LogP contribution in [0.1, 0.15) is 74.1 Å². The number of benzene rings is 3. The molecule has 0 aliphatic carbocycles. The van der Waals surface area contributed by atoms with Crippen LogP contribution in [0.2, 0.25) is 0 Å². The van der Waals surface area contributed by atoms with Crippen molar-refractivity contribution in [3.8, 4) is 11.5 Å². The molecule has 0 aliphatic rings. The number of nitrogens with one attached hydrogen (secondary N) is 1. The fourth-order valence-electron chi connectivity index (χ4n) is 3.35. The molecule has 3 rings (SSSR count). The van der Waals surface area contributed by atoms with Gasteiger partial charge in [0.15, 0.2) is 17.3 Å². The highest BCUT2D eigenvalue weighted by molar-refractivity contribution is 5.99. The van der Waals surface area contributed by atoms with E-state index in [1.165, 1.54) is 12.1 Å². The lowest BCUT2D eigenvalue weighted by atomic mass is 10.1. The smallest absolute Gasteiger partial charge is 0.343 e. The van der Waals surface area contributed by atoms with E-state index in [1.807, 2.05) is 60.6 Å². The van der Waals surface area contributed by atoms with Gasteiger partial charge in [-0.15, -0.1) is 0 Å². The number of ether oxygens (including phenoxy) is 2. The van der Waals surface area contributed by atoms with E-state index in [9.17, 15) is 14.4 Å². The number of carbonyl (C=O) groups is 3. The number of aryl methyl sites for hydroxylation is 4. The minimum absolute atomic E-state index is 0.00276. The molecule has 0 atom stereocenters. The first kappa shape index (κ1) is 26.8. The molecule has 3 aromatic rings. The van der Waals surface area contributed by atoms with Gasteiger partial charge in [0.1, 0.15) is 0 Å². The van der Waals surface area contributed by atoms with E-state index in [2.05, 4.69) is 5.32 Å². The maximum Gasteiger partial charge on any atom is 0.343 e. The monoisotopic (exact) mass is 487 g/mol. The molecule has 188 valence electrons. The van der Waals surface area contributed by atoms with Crippen LogP contribution in [-0.4, -0.2) is 29.8 Å². The van der Waals surface area contributed by atoms with Crippen molar-refractivity contribution in [2.75, 3.05) is 6.54 Å². The lowest BCUT2D eigenvalue weighted by Gasteiger charge is -2.20. The Labute approximate surface area is 212 Å². The predicted molar refractivity (Wildman–Crippen MR) is 140 cm³/mol. The van der Waals surface area contributed by atoms with Crippen molar-refractivity contribution in [1.82, 2.24) is 5.32 Å². The molecule has 0 amide bonds. The van der Waals surface area contributed by atoms with Crippen LogP contribution in [0.4, 0.5) is 0 Å². The Morgan fingerprint density at radius 2 is 1.11 bits per heavy atom. The topological polar surface area (TPSA) is 81.7 Å². The van der Waals surface area contributed by atoms with Gasteiger partial charge < -0.3 is 14.8 Å². The van der Waals surface area contributed by atoms with Gasteiger partial charge in [0, 0.05) is 11.1 Å².